The van der Waals surface area contributed by atoms with Crippen LogP contribution in [0.25, 0.3) is 0 Å². The SMILES string of the molecule is Cc1cc(NC(=O)C2NCCCC2(C)C)cnc1Br. The zero-order valence-electron chi connectivity index (χ0n) is 11.6. The van der Waals surface area contributed by atoms with Gasteiger partial charge in [0.25, 0.3) is 0 Å². The van der Waals surface area contributed by atoms with Crippen LogP contribution in [0.5, 0.6) is 0 Å². The molecule has 1 aliphatic rings. The van der Waals surface area contributed by atoms with Crippen LogP contribution < -0.4 is 10.6 Å². The molecule has 104 valence electrons. The van der Waals surface area contributed by atoms with Crippen molar-refractivity contribution in [1.29, 1.82) is 0 Å². The summed E-state index contributed by atoms with van der Waals surface area (Å²) < 4.78 is 0.807. The van der Waals surface area contributed by atoms with Crippen LogP contribution in [0, 0.1) is 12.3 Å². The molecule has 1 aliphatic heterocycles. The van der Waals surface area contributed by atoms with E-state index < -0.39 is 0 Å². The van der Waals surface area contributed by atoms with Crippen molar-refractivity contribution in [2.24, 2.45) is 5.41 Å². The fraction of sp³-hybridized carbons (Fsp3) is 0.571. The van der Waals surface area contributed by atoms with Gasteiger partial charge in [-0.2, -0.15) is 0 Å². The molecule has 19 heavy (non-hydrogen) atoms. The highest BCUT2D eigenvalue weighted by Gasteiger charge is 2.37. The smallest absolute Gasteiger partial charge is 0.242 e. The van der Waals surface area contributed by atoms with Crippen LogP contribution >= 0.6 is 15.9 Å². The summed E-state index contributed by atoms with van der Waals surface area (Å²) in [6.07, 6.45) is 3.86. The van der Waals surface area contributed by atoms with Crippen molar-refractivity contribution in [2.75, 3.05) is 11.9 Å². The van der Waals surface area contributed by atoms with E-state index in [0.29, 0.717) is 0 Å². The number of piperidine rings is 1. The van der Waals surface area contributed by atoms with Crippen LogP contribution in [0.15, 0.2) is 16.9 Å². The van der Waals surface area contributed by atoms with E-state index in [9.17, 15) is 4.79 Å². The normalized spacial score (nSPS) is 22.0. The van der Waals surface area contributed by atoms with Crippen LogP contribution in [-0.2, 0) is 4.79 Å². The molecule has 1 amide bonds. The molecule has 5 heteroatoms. The van der Waals surface area contributed by atoms with Crippen molar-refractivity contribution < 1.29 is 4.79 Å². The molecule has 1 atom stereocenters. The number of aryl methyl sites for hydroxylation is 1. The highest BCUT2D eigenvalue weighted by atomic mass is 79.9. The van der Waals surface area contributed by atoms with Gasteiger partial charge in [0.05, 0.1) is 17.9 Å². The second-order valence-electron chi connectivity index (χ2n) is 5.80. The first-order chi connectivity index (χ1) is 8.90. The molecular weight excluding hydrogens is 306 g/mol. The third kappa shape index (κ3) is 3.34. The Hall–Kier alpha value is -0.940. The van der Waals surface area contributed by atoms with Crippen molar-refractivity contribution in [3.8, 4) is 0 Å². The van der Waals surface area contributed by atoms with Crippen LogP contribution in [0.3, 0.4) is 0 Å². The first-order valence-corrected chi connectivity index (χ1v) is 7.36. The van der Waals surface area contributed by atoms with Gasteiger partial charge in [0, 0.05) is 0 Å². The van der Waals surface area contributed by atoms with Crippen molar-refractivity contribution in [3.63, 3.8) is 0 Å². The molecule has 0 aromatic carbocycles. The van der Waals surface area contributed by atoms with Crippen LogP contribution in [0.2, 0.25) is 0 Å². The van der Waals surface area contributed by atoms with Gasteiger partial charge in [-0.1, -0.05) is 13.8 Å². The molecule has 4 nitrogen and oxygen atoms in total. The van der Waals surface area contributed by atoms with Crippen LogP contribution in [0.1, 0.15) is 32.3 Å². The van der Waals surface area contributed by atoms with E-state index >= 15 is 0 Å². The van der Waals surface area contributed by atoms with Gasteiger partial charge in [0.2, 0.25) is 5.91 Å². The summed E-state index contributed by atoms with van der Waals surface area (Å²) in [5.74, 6) is 0.0215. The number of nitrogens with zero attached hydrogens (tertiary/aromatic N) is 1. The van der Waals surface area contributed by atoms with Gasteiger partial charge < -0.3 is 10.6 Å². The molecule has 1 aromatic heterocycles. The lowest BCUT2D eigenvalue weighted by Crippen LogP contribution is -2.53. The third-order valence-electron chi connectivity index (χ3n) is 3.67. The van der Waals surface area contributed by atoms with Gasteiger partial charge in [0.1, 0.15) is 4.60 Å². The second kappa shape index (κ2) is 5.59. The fourth-order valence-electron chi connectivity index (χ4n) is 2.50. The van der Waals surface area contributed by atoms with Gasteiger partial charge in [-0.15, -0.1) is 0 Å². The Labute approximate surface area is 122 Å². The van der Waals surface area contributed by atoms with Crippen LogP contribution in [0.4, 0.5) is 5.69 Å². The lowest BCUT2D eigenvalue weighted by Gasteiger charge is -2.38. The number of pyridine rings is 1. The Morgan fingerprint density at radius 1 is 1.58 bits per heavy atom. The summed E-state index contributed by atoms with van der Waals surface area (Å²) in [6.45, 7) is 7.12. The van der Waals surface area contributed by atoms with Crippen LogP contribution in [-0.4, -0.2) is 23.5 Å². The molecule has 0 aliphatic carbocycles. The predicted octanol–water partition coefficient (Wildman–Crippen LogP) is 2.87. The summed E-state index contributed by atoms with van der Waals surface area (Å²) in [5, 5.41) is 6.26. The zero-order valence-corrected chi connectivity index (χ0v) is 13.2. The maximum atomic E-state index is 12.4. The summed E-state index contributed by atoms with van der Waals surface area (Å²) in [7, 11) is 0. The zero-order chi connectivity index (χ0) is 14.0. The molecule has 0 radical (unpaired) electrons. The molecule has 1 unspecified atom stereocenters. The number of nitrogens with one attached hydrogen (secondary N) is 2. The number of carbonyl (C=O) groups excluding carboxylic acids is 1. The number of rotatable bonds is 2. The van der Waals surface area contributed by atoms with E-state index in [0.717, 1.165) is 35.2 Å². The summed E-state index contributed by atoms with van der Waals surface area (Å²) in [4.78, 5) is 16.6. The fourth-order valence-corrected chi connectivity index (χ4v) is 2.72. The highest BCUT2D eigenvalue weighted by molar-refractivity contribution is 9.10. The molecule has 2 heterocycles. The van der Waals surface area contributed by atoms with Gasteiger partial charge in [-0.3, -0.25) is 4.79 Å². The van der Waals surface area contributed by atoms with Gasteiger partial charge >= 0.3 is 0 Å². The topological polar surface area (TPSA) is 54.0 Å². The Kier molecular flexibility index (Phi) is 4.26. The first kappa shape index (κ1) is 14.5. The minimum atomic E-state index is -0.148. The lowest BCUT2D eigenvalue weighted by atomic mass is 9.77. The number of halogens is 1. The van der Waals surface area contributed by atoms with E-state index in [1.165, 1.54) is 0 Å². The maximum absolute atomic E-state index is 12.4. The Balaban J connectivity index is 2.09. The third-order valence-corrected chi connectivity index (χ3v) is 4.50. The van der Waals surface area contributed by atoms with Gasteiger partial charge in [0.15, 0.2) is 0 Å². The average molecular weight is 326 g/mol. The summed E-state index contributed by atoms with van der Waals surface area (Å²) >= 11 is 3.35. The second-order valence-corrected chi connectivity index (χ2v) is 6.55. The standard InChI is InChI=1S/C14H20BrN3O/c1-9-7-10(8-17-12(9)15)18-13(19)11-14(2,3)5-4-6-16-11/h7-8,11,16H,4-6H2,1-3H3,(H,18,19). The van der Waals surface area contributed by atoms with Gasteiger partial charge in [-0.05, 0) is 59.3 Å². The molecule has 0 bridgehead atoms. The first-order valence-electron chi connectivity index (χ1n) is 6.56. The number of hydrogen-bond acceptors (Lipinski definition) is 3. The number of hydrogen-bond donors (Lipinski definition) is 2. The minimum Gasteiger partial charge on any atom is -0.323 e. The summed E-state index contributed by atoms with van der Waals surface area (Å²) in [6, 6.07) is 1.77. The van der Waals surface area contributed by atoms with E-state index in [2.05, 4.69) is 45.4 Å². The predicted molar refractivity (Wildman–Crippen MR) is 80.1 cm³/mol. The molecule has 1 saturated heterocycles. The van der Waals surface area contributed by atoms with Crippen molar-refractivity contribution in [1.82, 2.24) is 10.3 Å². The Morgan fingerprint density at radius 2 is 2.32 bits per heavy atom. The number of aromatic nitrogens is 1. The number of anilines is 1. The summed E-state index contributed by atoms with van der Waals surface area (Å²) in [5.41, 5.74) is 1.74. The molecular formula is C14H20BrN3O. The molecule has 2 N–H and O–H groups in total. The number of amides is 1. The highest BCUT2D eigenvalue weighted by Crippen LogP contribution is 2.30. The van der Waals surface area contributed by atoms with Crippen molar-refractivity contribution in [2.45, 2.75) is 39.7 Å². The quantitative estimate of drug-likeness (QED) is 0.822. The van der Waals surface area contributed by atoms with Crippen molar-refractivity contribution >= 4 is 27.5 Å². The maximum Gasteiger partial charge on any atom is 0.242 e. The lowest BCUT2D eigenvalue weighted by molar-refractivity contribution is -0.121. The Bertz CT molecular complexity index is 488. The average Bonchev–Trinajstić information content (AvgIpc) is 2.33. The van der Waals surface area contributed by atoms with E-state index in [4.69, 9.17) is 0 Å². The van der Waals surface area contributed by atoms with Crippen molar-refractivity contribution in [3.05, 3.63) is 22.4 Å². The molecule has 1 fully saturated rings. The monoisotopic (exact) mass is 325 g/mol. The number of carbonyl (C=O) groups is 1. The van der Waals surface area contributed by atoms with E-state index in [-0.39, 0.29) is 17.4 Å². The molecule has 0 spiro atoms. The van der Waals surface area contributed by atoms with E-state index in [1.54, 1.807) is 6.20 Å². The minimum absolute atomic E-state index is 0.0137. The largest absolute Gasteiger partial charge is 0.323 e. The van der Waals surface area contributed by atoms with E-state index in [1.807, 2.05) is 13.0 Å². The van der Waals surface area contributed by atoms with Gasteiger partial charge in [-0.25, -0.2) is 4.98 Å². The Morgan fingerprint density at radius 3 is 2.95 bits per heavy atom. The molecule has 0 saturated carbocycles. The molecule has 1 aromatic rings. The molecule has 2 rings (SSSR count).